The zero-order valence-electron chi connectivity index (χ0n) is 21.9. The van der Waals surface area contributed by atoms with E-state index in [0.717, 1.165) is 69.4 Å². The molecule has 0 radical (unpaired) electrons. The van der Waals surface area contributed by atoms with E-state index in [4.69, 9.17) is 4.98 Å². The van der Waals surface area contributed by atoms with E-state index < -0.39 is 4.92 Å². The Balaban J connectivity index is 1.49. The number of aromatic amines is 1. The number of anilines is 1. The van der Waals surface area contributed by atoms with Gasteiger partial charge in [0.1, 0.15) is 10.9 Å². The molecular weight excluding hydrogens is 512 g/mol. The largest absolute Gasteiger partial charge is 0.345 e. The molecule has 2 heterocycles. The first-order valence-electron chi connectivity index (χ1n) is 12.5. The minimum atomic E-state index is -0.446. The van der Waals surface area contributed by atoms with Crippen molar-refractivity contribution in [2.45, 2.75) is 33.2 Å². The molecular formula is C28H28N8O2S. The summed E-state index contributed by atoms with van der Waals surface area (Å²) in [6.45, 7) is 4.82. The first-order chi connectivity index (χ1) is 19.0. The maximum atomic E-state index is 11.0. The fourth-order valence-electron chi connectivity index (χ4n) is 4.66. The van der Waals surface area contributed by atoms with Crippen molar-refractivity contribution in [1.82, 2.24) is 30.2 Å². The molecule has 0 aliphatic carbocycles. The lowest BCUT2D eigenvalue weighted by molar-refractivity contribution is -0.402. The zero-order valence-corrected chi connectivity index (χ0v) is 22.7. The first kappa shape index (κ1) is 26.1. The summed E-state index contributed by atoms with van der Waals surface area (Å²) in [5.74, 6) is 1.58. The van der Waals surface area contributed by atoms with Gasteiger partial charge in [-0.05, 0) is 59.2 Å². The molecule has 0 saturated carbocycles. The lowest BCUT2D eigenvalue weighted by Crippen LogP contribution is -2.06. The number of rotatable bonds is 10. The number of H-pyrrole nitrogens is 1. The van der Waals surface area contributed by atoms with Gasteiger partial charge in [-0.1, -0.05) is 55.5 Å². The van der Waals surface area contributed by atoms with Crippen molar-refractivity contribution in [3.8, 4) is 22.5 Å². The number of hydrogen-bond acceptors (Lipinski definition) is 8. The van der Waals surface area contributed by atoms with Crippen LogP contribution in [0.3, 0.4) is 0 Å². The molecule has 2 N–H and O–H groups in total. The first-order valence-corrected chi connectivity index (χ1v) is 13.8. The Hall–Kier alpha value is -4.51. The van der Waals surface area contributed by atoms with E-state index in [-0.39, 0.29) is 0 Å². The minimum Gasteiger partial charge on any atom is -0.345 e. The highest BCUT2D eigenvalue weighted by molar-refractivity contribution is 8.02. The Labute approximate surface area is 229 Å². The van der Waals surface area contributed by atoms with Gasteiger partial charge in [-0.25, -0.2) is 4.98 Å². The van der Waals surface area contributed by atoms with Crippen LogP contribution in [0.4, 0.5) is 5.69 Å². The molecule has 39 heavy (non-hydrogen) atoms. The summed E-state index contributed by atoms with van der Waals surface area (Å²) in [5, 5.41) is 29.2. The molecule has 198 valence electrons. The third-order valence-electron chi connectivity index (χ3n) is 6.43. The number of aryl methyl sites for hydroxylation is 2. The molecule has 5 rings (SSSR count). The van der Waals surface area contributed by atoms with Crippen LogP contribution in [-0.2, 0) is 13.0 Å². The fraction of sp³-hybridized carbons (Fsp3) is 0.214. The Morgan fingerprint density at radius 2 is 1.92 bits per heavy atom. The van der Waals surface area contributed by atoms with Gasteiger partial charge in [0.25, 0.3) is 6.20 Å². The van der Waals surface area contributed by atoms with Crippen LogP contribution in [0, 0.1) is 17.0 Å². The van der Waals surface area contributed by atoms with E-state index in [2.05, 4.69) is 67.8 Å². The maximum Gasteiger partial charge on any atom is 0.264 e. The lowest BCUT2D eigenvalue weighted by atomic mass is 9.98. The van der Waals surface area contributed by atoms with Crippen molar-refractivity contribution in [3.63, 3.8) is 0 Å². The Morgan fingerprint density at radius 3 is 2.59 bits per heavy atom. The van der Waals surface area contributed by atoms with Gasteiger partial charge in [-0.3, -0.25) is 10.1 Å². The fourth-order valence-corrected chi connectivity index (χ4v) is 5.07. The third-order valence-corrected chi connectivity index (χ3v) is 7.07. The third kappa shape index (κ3) is 5.68. The zero-order chi connectivity index (χ0) is 27.4. The second kappa shape index (κ2) is 11.5. The topological polar surface area (TPSA) is 127 Å². The van der Waals surface area contributed by atoms with Crippen molar-refractivity contribution in [2.75, 3.05) is 11.6 Å². The average Bonchev–Trinajstić information content (AvgIpc) is 3.58. The Kier molecular flexibility index (Phi) is 7.69. The molecule has 0 saturated heterocycles. The highest BCUT2D eigenvalue weighted by Gasteiger charge is 2.16. The molecule has 0 amide bonds. The van der Waals surface area contributed by atoms with Crippen LogP contribution >= 0.6 is 11.8 Å². The van der Waals surface area contributed by atoms with Gasteiger partial charge in [-0.15, -0.1) is 22.0 Å². The molecule has 11 heteroatoms. The number of nitrogens with one attached hydrogen (secondary N) is 2. The van der Waals surface area contributed by atoms with Gasteiger partial charge in [0.05, 0.1) is 16.0 Å². The van der Waals surface area contributed by atoms with Crippen LogP contribution in [0.1, 0.15) is 30.3 Å². The van der Waals surface area contributed by atoms with Crippen LogP contribution in [0.5, 0.6) is 0 Å². The van der Waals surface area contributed by atoms with Gasteiger partial charge >= 0.3 is 0 Å². The standard InChI is InChI=1S/C28H28N8O2S/c1-4-7-25-30-27-18(2)14-21(29-26(39-3)17-36(37)38)15-24(27)35(25)16-19-10-12-20(13-11-19)22-8-5-6-9-23(22)28-31-33-34-32-28/h5-6,8-15,17,29H,4,7,16H2,1-3H3,(H,31,32,33,34). The van der Waals surface area contributed by atoms with E-state index in [9.17, 15) is 10.1 Å². The van der Waals surface area contributed by atoms with Crippen LogP contribution in [0.25, 0.3) is 33.5 Å². The summed E-state index contributed by atoms with van der Waals surface area (Å²) in [6.07, 6.45) is 4.62. The summed E-state index contributed by atoms with van der Waals surface area (Å²) in [6, 6.07) is 20.5. The summed E-state index contributed by atoms with van der Waals surface area (Å²) in [7, 11) is 0. The second-order valence-electron chi connectivity index (χ2n) is 9.11. The van der Waals surface area contributed by atoms with E-state index >= 15 is 0 Å². The molecule has 2 aromatic heterocycles. The number of tetrazole rings is 1. The van der Waals surface area contributed by atoms with Crippen LogP contribution in [0.2, 0.25) is 0 Å². The van der Waals surface area contributed by atoms with Gasteiger partial charge in [0, 0.05) is 24.2 Å². The molecule has 0 fully saturated rings. The molecule has 0 unspecified atom stereocenters. The summed E-state index contributed by atoms with van der Waals surface area (Å²) in [4.78, 5) is 15.5. The van der Waals surface area contributed by atoms with Crippen molar-refractivity contribution in [2.24, 2.45) is 0 Å². The number of benzene rings is 3. The van der Waals surface area contributed by atoms with E-state index in [0.29, 0.717) is 17.4 Å². The number of nitrogens with zero attached hydrogens (tertiary/aromatic N) is 6. The number of aromatic nitrogens is 6. The van der Waals surface area contributed by atoms with Crippen LogP contribution < -0.4 is 5.32 Å². The number of thioether (sulfide) groups is 1. The molecule has 0 atom stereocenters. The molecule has 10 nitrogen and oxygen atoms in total. The smallest absolute Gasteiger partial charge is 0.264 e. The normalized spacial score (nSPS) is 11.7. The van der Waals surface area contributed by atoms with E-state index in [1.54, 1.807) is 0 Å². The SMILES string of the molecule is CCCc1nc2c(C)cc(NC(=C[N+](=O)[O-])SC)cc2n1Cc1ccc(-c2ccccc2-c2nn[nH]n2)cc1. The van der Waals surface area contributed by atoms with E-state index in [1.165, 1.54) is 11.8 Å². The van der Waals surface area contributed by atoms with Crippen molar-refractivity contribution in [3.05, 3.63) is 99.0 Å². The van der Waals surface area contributed by atoms with E-state index in [1.807, 2.05) is 43.5 Å². The van der Waals surface area contributed by atoms with Gasteiger partial charge in [-0.2, -0.15) is 5.21 Å². The number of imidazole rings is 1. The highest BCUT2D eigenvalue weighted by atomic mass is 32.2. The number of fused-ring (bicyclic) bond motifs is 1. The van der Waals surface area contributed by atoms with Crippen molar-refractivity contribution in [1.29, 1.82) is 0 Å². The monoisotopic (exact) mass is 540 g/mol. The maximum absolute atomic E-state index is 11.0. The summed E-state index contributed by atoms with van der Waals surface area (Å²) < 4.78 is 2.25. The molecule has 0 aliphatic heterocycles. The Bertz CT molecular complexity index is 1640. The second-order valence-corrected chi connectivity index (χ2v) is 9.96. The van der Waals surface area contributed by atoms with Crippen molar-refractivity contribution >= 4 is 28.5 Å². The average molecular weight is 541 g/mol. The molecule has 0 aliphatic rings. The lowest BCUT2D eigenvalue weighted by Gasteiger charge is -2.13. The molecule has 0 spiro atoms. The molecule has 3 aromatic carbocycles. The highest BCUT2D eigenvalue weighted by Crippen LogP contribution is 2.31. The van der Waals surface area contributed by atoms with Gasteiger partial charge < -0.3 is 9.88 Å². The minimum absolute atomic E-state index is 0.446. The van der Waals surface area contributed by atoms with Crippen molar-refractivity contribution < 1.29 is 4.92 Å². The molecule has 5 aromatic rings. The quantitative estimate of drug-likeness (QED) is 0.162. The number of hydrogen-bond donors (Lipinski definition) is 2. The Morgan fingerprint density at radius 1 is 1.15 bits per heavy atom. The summed E-state index contributed by atoms with van der Waals surface area (Å²) >= 11 is 1.30. The van der Waals surface area contributed by atoms with Gasteiger partial charge in [0.2, 0.25) is 5.82 Å². The predicted molar refractivity (Wildman–Crippen MR) is 155 cm³/mol. The van der Waals surface area contributed by atoms with Crippen LogP contribution in [-0.4, -0.2) is 41.4 Å². The number of nitro groups is 1. The predicted octanol–water partition coefficient (Wildman–Crippen LogP) is 6.04. The summed E-state index contributed by atoms with van der Waals surface area (Å²) in [5.41, 5.74) is 7.89. The van der Waals surface area contributed by atoms with Crippen LogP contribution in [0.15, 0.2) is 71.9 Å². The van der Waals surface area contributed by atoms with Gasteiger partial charge in [0.15, 0.2) is 0 Å². The molecule has 0 bridgehead atoms.